The van der Waals surface area contributed by atoms with Crippen LogP contribution in [-0.2, 0) is 4.74 Å². The van der Waals surface area contributed by atoms with Gasteiger partial charge in [-0.15, -0.1) is 0 Å². The van der Waals surface area contributed by atoms with Crippen molar-refractivity contribution in [1.82, 2.24) is 9.97 Å². The summed E-state index contributed by atoms with van der Waals surface area (Å²) in [6, 6.07) is 0. The lowest BCUT2D eigenvalue weighted by Crippen LogP contribution is -2.24. The third kappa shape index (κ3) is 3.89. The van der Waals surface area contributed by atoms with Gasteiger partial charge < -0.3 is 15.4 Å². The van der Waals surface area contributed by atoms with Crippen LogP contribution < -0.4 is 10.6 Å². The maximum Gasteiger partial charge on any atom is 0.146 e. The molecule has 0 radical (unpaired) electrons. The van der Waals surface area contributed by atoms with Crippen LogP contribution in [0.4, 0.5) is 5.82 Å². The number of rotatable bonds is 7. The van der Waals surface area contributed by atoms with E-state index in [0.717, 1.165) is 24.9 Å². The van der Waals surface area contributed by atoms with Crippen LogP contribution in [0.1, 0.15) is 18.5 Å². The molecule has 6 heteroatoms. The first-order valence-corrected chi connectivity index (χ1v) is 6.48. The Bertz CT molecular complexity index is 405. The van der Waals surface area contributed by atoms with E-state index in [4.69, 9.17) is 22.7 Å². The van der Waals surface area contributed by atoms with Crippen molar-refractivity contribution in [3.05, 3.63) is 18.1 Å². The highest BCUT2D eigenvalue weighted by atomic mass is 32.1. The van der Waals surface area contributed by atoms with Crippen LogP contribution in [0, 0.1) is 5.92 Å². The van der Waals surface area contributed by atoms with Gasteiger partial charge in [-0.2, -0.15) is 0 Å². The van der Waals surface area contributed by atoms with Crippen LogP contribution in [0.3, 0.4) is 0 Å². The lowest BCUT2D eigenvalue weighted by molar-refractivity contribution is 0.131. The second-order valence-corrected chi connectivity index (χ2v) is 5.00. The molecule has 0 aromatic carbocycles. The van der Waals surface area contributed by atoms with Gasteiger partial charge in [0.2, 0.25) is 0 Å². The molecule has 2 rings (SSSR count). The zero-order valence-corrected chi connectivity index (χ0v) is 11.3. The molecule has 0 unspecified atom stereocenters. The minimum Gasteiger partial charge on any atom is -0.388 e. The Labute approximate surface area is 112 Å². The molecule has 0 bridgehead atoms. The van der Waals surface area contributed by atoms with E-state index in [0.29, 0.717) is 12.3 Å². The van der Waals surface area contributed by atoms with Gasteiger partial charge in [0.05, 0.1) is 19.0 Å². The highest BCUT2D eigenvalue weighted by Crippen LogP contribution is 2.28. The van der Waals surface area contributed by atoms with Crippen LogP contribution in [0.15, 0.2) is 12.4 Å². The summed E-state index contributed by atoms with van der Waals surface area (Å²) in [4.78, 5) is 10.7. The fourth-order valence-corrected chi connectivity index (χ4v) is 1.60. The van der Waals surface area contributed by atoms with Gasteiger partial charge in [0.15, 0.2) is 0 Å². The molecule has 2 N–H and O–H groups in total. The Kier molecular flexibility index (Phi) is 4.43. The highest BCUT2D eigenvalue weighted by molar-refractivity contribution is 7.80. The number of aromatic nitrogens is 2. The van der Waals surface area contributed by atoms with Gasteiger partial charge >= 0.3 is 0 Å². The normalized spacial score (nSPS) is 14.5. The molecule has 0 atom stereocenters. The third-order valence-corrected chi connectivity index (χ3v) is 3.11. The molecular weight excluding hydrogens is 248 g/mol. The number of anilines is 1. The van der Waals surface area contributed by atoms with Crippen molar-refractivity contribution >= 4 is 23.0 Å². The molecule has 5 nitrogen and oxygen atoms in total. The monoisotopic (exact) mass is 266 g/mol. The van der Waals surface area contributed by atoms with Crippen LogP contribution in [0.5, 0.6) is 0 Å². The van der Waals surface area contributed by atoms with Crippen molar-refractivity contribution in [2.24, 2.45) is 11.7 Å². The van der Waals surface area contributed by atoms with Crippen LogP contribution >= 0.6 is 12.2 Å². The molecule has 1 fully saturated rings. The molecule has 0 aliphatic heterocycles. The summed E-state index contributed by atoms with van der Waals surface area (Å²) in [5.41, 5.74) is 6.02. The van der Waals surface area contributed by atoms with Crippen molar-refractivity contribution in [2.45, 2.75) is 12.8 Å². The molecule has 0 spiro atoms. The molecule has 18 heavy (non-hydrogen) atoms. The summed E-state index contributed by atoms with van der Waals surface area (Å²) in [6.45, 7) is 2.40. The molecule has 1 heterocycles. The molecule has 1 aliphatic carbocycles. The maximum absolute atomic E-state index is 5.58. The summed E-state index contributed by atoms with van der Waals surface area (Å²) < 4.78 is 5.58. The first-order valence-electron chi connectivity index (χ1n) is 6.07. The molecule has 0 amide bonds. The third-order valence-electron chi connectivity index (χ3n) is 2.90. The predicted molar refractivity (Wildman–Crippen MR) is 74.7 cm³/mol. The average Bonchev–Trinajstić information content (AvgIpc) is 3.18. The standard InChI is InChI=1S/C12H18N4OS/c1-16(4-5-17-8-9-2-3-9)11-7-14-10(6-15-11)12(13)18/h6-7,9H,2-5,8H2,1H3,(H2,13,18). The molecule has 1 aromatic heterocycles. The van der Waals surface area contributed by atoms with Crippen LogP contribution in [0.25, 0.3) is 0 Å². The first kappa shape index (κ1) is 13.2. The van der Waals surface area contributed by atoms with Crippen molar-refractivity contribution in [3.63, 3.8) is 0 Å². The van der Waals surface area contributed by atoms with Gasteiger partial charge in [0, 0.05) is 20.2 Å². The quantitative estimate of drug-likeness (QED) is 0.586. The molecule has 1 saturated carbocycles. The molecular formula is C12H18N4OS. The van der Waals surface area contributed by atoms with E-state index in [1.807, 2.05) is 11.9 Å². The van der Waals surface area contributed by atoms with E-state index < -0.39 is 0 Å². The van der Waals surface area contributed by atoms with E-state index in [-0.39, 0.29) is 4.99 Å². The van der Waals surface area contributed by atoms with Gasteiger partial charge in [-0.25, -0.2) is 9.97 Å². The zero-order chi connectivity index (χ0) is 13.0. The maximum atomic E-state index is 5.58. The Morgan fingerprint density at radius 1 is 1.50 bits per heavy atom. The Balaban J connectivity index is 1.76. The van der Waals surface area contributed by atoms with E-state index in [2.05, 4.69) is 9.97 Å². The average molecular weight is 266 g/mol. The Hall–Kier alpha value is -1.27. The van der Waals surface area contributed by atoms with Gasteiger partial charge in [0.1, 0.15) is 16.5 Å². The fraction of sp³-hybridized carbons (Fsp3) is 0.583. The number of hydrogen-bond donors (Lipinski definition) is 1. The highest BCUT2D eigenvalue weighted by Gasteiger charge is 2.20. The van der Waals surface area contributed by atoms with Crippen molar-refractivity contribution in [3.8, 4) is 0 Å². The number of likely N-dealkylation sites (N-methyl/N-ethyl adjacent to an activating group) is 1. The second kappa shape index (κ2) is 6.06. The number of ether oxygens (including phenoxy) is 1. The Morgan fingerprint density at radius 2 is 2.28 bits per heavy atom. The number of hydrogen-bond acceptors (Lipinski definition) is 5. The fourth-order valence-electron chi connectivity index (χ4n) is 1.50. The van der Waals surface area contributed by atoms with Crippen molar-refractivity contribution in [1.29, 1.82) is 0 Å². The zero-order valence-electron chi connectivity index (χ0n) is 10.5. The summed E-state index contributed by atoms with van der Waals surface area (Å²) >= 11 is 4.83. The van der Waals surface area contributed by atoms with E-state index in [1.54, 1.807) is 12.4 Å². The summed E-state index contributed by atoms with van der Waals surface area (Å²) in [6.07, 6.45) is 5.91. The van der Waals surface area contributed by atoms with Gasteiger partial charge in [-0.3, -0.25) is 0 Å². The molecule has 98 valence electrons. The second-order valence-electron chi connectivity index (χ2n) is 4.56. The van der Waals surface area contributed by atoms with E-state index in [9.17, 15) is 0 Å². The van der Waals surface area contributed by atoms with Crippen molar-refractivity contribution < 1.29 is 4.74 Å². The molecule has 1 aromatic rings. The van der Waals surface area contributed by atoms with Crippen molar-refractivity contribution in [2.75, 3.05) is 31.7 Å². The minimum atomic E-state index is 0.268. The SMILES string of the molecule is CN(CCOCC1CC1)c1cnc(C(N)=S)cn1. The lowest BCUT2D eigenvalue weighted by atomic mass is 10.4. The van der Waals surface area contributed by atoms with Gasteiger partial charge in [-0.05, 0) is 18.8 Å². The van der Waals surface area contributed by atoms with Crippen LogP contribution in [-0.4, -0.2) is 41.8 Å². The number of thiocarbonyl (C=S) groups is 1. The van der Waals surface area contributed by atoms with Gasteiger partial charge in [-0.1, -0.05) is 12.2 Å². The van der Waals surface area contributed by atoms with E-state index in [1.165, 1.54) is 12.8 Å². The number of nitrogens with two attached hydrogens (primary N) is 1. The molecule has 1 aliphatic rings. The predicted octanol–water partition coefficient (Wildman–Crippen LogP) is 0.974. The van der Waals surface area contributed by atoms with Crippen LogP contribution in [0.2, 0.25) is 0 Å². The minimum absolute atomic E-state index is 0.268. The number of nitrogens with zero attached hydrogens (tertiary/aromatic N) is 3. The van der Waals surface area contributed by atoms with E-state index >= 15 is 0 Å². The largest absolute Gasteiger partial charge is 0.388 e. The first-order chi connectivity index (χ1) is 8.66. The smallest absolute Gasteiger partial charge is 0.146 e. The Morgan fingerprint density at radius 3 is 2.83 bits per heavy atom. The lowest BCUT2D eigenvalue weighted by Gasteiger charge is -2.17. The summed E-state index contributed by atoms with van der Waals surface area (Å²) in [5.74, 6) is 1.60. The molecule has 0 saturated heterocycles. The topological polar surface area (TPSA) is 64.3 Å². The summed E-state index contributed by atoms with van der Waals surface area (Å²) in [5, 5.41) is 0. The summed E-state index contributed by atoms with van der Waals surface area (Å²) in [7, 11) is 1.96. The van der Waals surface area contributed by atoms with Gasteiger partial charge in [0.25, 0.3) is 0 Å².